The largest absolute Gasteiger partial charge is 0.315 e. The molecule has 3 nitrogen and oxygen atoms in total. The van der Waals surface area contributed by atoms with Crippen LogP contribution in [0.4, 0.5) is 0 Å². The maximum atomic E-state index is 3.65. The molecule has 0 amide bonds. The molecule has 0 radical (unpaired) electrons. The van der Waals surface area contributed by atoms with Gasteiger partial charge in [-0.25, -0.2) is 0 Å². The van der Waals surface area contributed by atoms with Gasteiger partial charge in [-0.2, -0.15) is 0 Å². The Morgan fingerprint density at radius 1 is 1.18 bits per heavy atom. The van der Waals surface area contributed by atoms with Crippen molar-refractivity contribution in [1.82, 2.24) is 15.1 Å². The predicted molar refractivity (Wildman–Crippen MR) is 93.4 cm³/mol. The number of piperidine rings is 1. The first-order valence-corrected chi connectivity index (χ1v) is 8.88. The maximum absolute atomic E-state index is 3.65. The second kappa shape index (κ2) is 7.58. The number of rotatable bonds is 6. The van der Waals surface area contributed by atoms with Crippen LogP contribution in [0, 0.1) is 5.92 Å². The molecule has 1 heterocycles. The van der Waals surface area contributed by atoms with Crippen LogP contribution in [0.5, 0.6) is 0 Å². The molecule has 1 unspecified atom stereocenters. The molecule has 22 heavy (non-hydrogen) atoms. The Morgan fingerprint density at radius 3 is 2.59 bits per heavy atom. The molecule has 0 saturated carbocycles. The van der Waals surface area contributed by atoms with E-state index in [0.29, 0.717) is 0 Å². The minimum Gasteiger partial charge on any atom is -0.315 e. The summed E-state index contributed by atoms with van der Waals surface area (Å²) in [6.45, 7) is 6.01. The van der Waals surface area contributed by atoms with Gasteiger partial charge in [-0.15, -0.1) is 0 Å². The Balaban J connectivity index is 1.45. The summed E-state index contributed by atoms with van der Waals surface area (Å²) in [6, 6.07) is 9.77. The molecule has 0 spiro atoms. The van der Waals surface area contributed by atoms with Crippen molar-refractivity contribution in [3.05, 3.63) is 35.4 Å². The van der Waals surface area contributed by atoms with Crippen molar-refractivity contribution in [3.8, 4) is 0 Å². The van der Waals surface area contributed by atoms with Gasteiger partial charge < -0.3 is 10.2 Å². The molecule has 1 aliphatic carbocycles. The molecule has 1 aromatic rings. The predicted octanol–water partition coefficient (Wildman–Crippen LogP) is 2.02. The highest BCUT2D eigenvalue weighted by atomic mass is 15.2. The van der Waals surface area contributed by atoms with Crippen molar-refractivity contribution in [2.24, 2.45) is 5.92 Å². The quantitative estimate of drug-likeness (QED) is 0.811. The zero-order valence-electron chi connectivity index (χ0n) is 14.2. The SMILES string of the molecule is CN(C)CCNCC1CCCN(C2Cc3ccccc3C2)C1. The van der Waals surface area contributed by atoms with Crippen LogP contribution in [0.25, 0.3) is 0 Å². The second-order valence-corrected chi connectivity index (χ2v) is 7.34. The molecule has 0 aromatic heterocycles. The molecule has 1 atom stereocenters. The molecular formula is C19H31N3. The van der Waals surface area contributed by atoms with Crippen LogP contribution in [0.2, 0.25) is 0 Å². The minimum atomic E-state index is 0.752. The second-order valence-electron chi connectivity index (χ2n) is 7.34. The van der Waals surface area contributed by atoms with Crippen molar-refractivity contribution in [1.29, 1.82) is 0 Å². The van der Waals surface area contributed by atoms with E-state index in [-0.39, 0.29) is 0 Å². The van der Waals surface area contributed by atoms with Crippen LogP contribution in [0.1, 0.15) is 24.0 Å². The lowest BCUT2D eigenvalue weighted by Crippen LogP contribution is -2.45. The van der Waals surface area contributed by atoms with Gasteiger partial charge in [0, 0.05) is 25.7 Å². The Bertz CT molecular complexity index is 447. The molecule has 0 bridgehead atoms. The Hall–Kier alpha value is -0.900. The van der Waals surface area contributed by atoms with E-state index in [1.165, 1.54) is 45.3 Å². The van der Waals surface area contributed by atoms with Crippen molar-refractivity contribution in [3.63, 3.8) is 0 Å². The van der Waals surface area contributed by atoms with Crippen molar-refractivity contribution in [2.45, 2.75) is 31.7 Å². The topological polar surface area (TPSA) is 18.5 Å². The van der Waals surface area contributed by atoms with E-state index in [4.69, 9.17) is 0 Å². The van der Waals surface area contributed by atoms with E-state index < -0.39 is 0 Å². The molecule has 1 aromatic carbocycles. The number of hydrogen-bond acceptors (Lipinski definition) is 3. The number of fused-ring (bicyclic) bond motifs is 1. The number of nitrogens with one attached hydrogen (secondary N) is 1. The first kappa shape index (κ1) is 16.0. The summed E-state index contributed by atoms with van der Waals surface area (Å²) in [5, 5.41) is 3.65. The highest BCUT2D eigenvalue weighted by molar-refractivity contribution is 5.33. The summed E-state index contributed by atoms with van der Waals surface area (Å²) >= 11 is 0. The third kappa shape index (κ3) is 4.09. The van der Waals surface area contributed by atoms with Crippen LogP contribution in [0.15, 0.2) is 24.3 Å². The van der Waals surface area contributed by atoms with E-state index in [1.807, 2.05) is 0 Å². The lowest BCUT2D eigenvalue weighted by molar-refractivity contribution is 0.125. The van der Waals surface area contributed by atoms with E-state index in [1.54, 1.807) is 11.1 Å². The smallest absolute Gasteiger partial charge is 0.0176 e. The molecule has 1 aliphatic heterocycles. The zero-order chi connectivity index (χ0) is 15.4. The van der Waals surface area contributed by atoms with Gasteiger partial charge in [0.1, 0.15) is 0 Å². The van der Waals surface area contributed by atoms with Crippen LogP contribution in [0.3, 0.4) is 0 Å². The minimum absolute atomic E-state index is 0.752. The van der Waals surface area contributed by atoms with Gasteiger partial charge in [0.15, 0.2) is 0 Å². The normalized spacial score (nSPS) is 23.1. The van der Waals surface area contributed by atoms with Crippen molar-refractivity contribution >= 4 is 0 Å². The van der Waals surface area contributed by atoms with Crippen molar-refractivity contribution < 1.29 is 0 Å². The summed E-state index contributed by atoms with van der Waals surface area (Å²) in [5.74, 6) is 0.833. The number of nitrogens with zero attached hydrogens (tertiary/aromatic N) is 2. The zero-order valence-corrected chi connectivity index (χ0v) is 14.2. The first-order chi connectivity index (χ1) is 10.7. The molecule has 3 rings (SSSR count). The van der Waals surface area contributed by atoms with Crippen molar-refractivity contribution in [2.75, 3.05) is 46.8 Å². The molecule has 2 aliphatic rings. The van der Waals surface area contributed by atoms with Crippen LogP contribution < -0.4 is 5.32 Å². The lowest BCUT2D eigenvalue weighted by atomic mass is 9.96. The van der Waals surface area contributed by atoms with E-state index in [0.717, 1.165) is 25.0 Å². The first-order valence-electron chi connectivity index (χ1n) is 8.88. The fourth-order valence-corrected chi connectivity index (χ4v) is 4.00. The van der Waals surface area contributed by atoms with E-state index in [9.17, 15) is 0 Å². The number of likely N-dealkylation sites (N-methyl/N-ethyl adjacent to an activating group) is 1. The van der Waals surface area contributed by atoms with Crippen LogP contribution in [-0.2, 0) is 12.8 Å². The maximum Gasteiger partial charge on any atom is 0.0176 e. The lowest BCUT2D eigenvalue weighted by Gasteiger charge is -2.37. The number of benzene rings is 1. The average molecular weight is 301 g/mol. The molecule has 1 N–H and O–H groups in total. The van der Waals surface area contributed by atoms with Gasteiger partial charge >= 0.3 is 0 Å². The standard InChI is InChI=1S/C19H31N3/c1-21(2)11-9-20-14-16-6-5-10-22(15-16)19-12-17-7-3-4-8-18(17)13-19/h3-4,7-8,16,19-20H,5-6,9-15H2,1-2H3. The van der Waals surface area contributed by atoms with Gasteiger partial charge in [-0.05, 0) is 69.9 Å². The summed E-state index contributed by atoms with van der Waals surface area (Å²) < 4.78 is 0. The third-order valence-corrected chi connectivity index (χ3v) is 5.27. The van der Waals surface area contributed by atoms with Gasteiger partial charge in [-0.3, -0.25) is 4.90 Å². The molecule has 3 heteroatoms. The summed E-state index contributed by atoms with van der Waals surface area (Å²) in [4.78, 5) is 5.01. The number of hydrogen-bond donors (Lipinski definition) is 1. The van der Waals surface area contributed by atoms with Crippen LogP contribution in [-0.4, -0.2) is 62.7 Å². The Morgan fingerprint density at radius 2 is 1.91 bits per heavy atom. The molecular weight excluding hydrogens is 270 g/mol. The summed E-state index contributed by atoms with van der Waals surface area (Å²) in [6.07, 6.45) is 5.28. The van der Waals surface area contributed by atoms with Gasteiger partial charge in [-0.1, -0.05) is 24.3 Å². The fraction of sp³-hybridized carbons (Fsp3) is 0.684. The van der Waals surface area contributed by atoms with Gasteiger partial charge in [0.25, 0.3) is 0 Å². The Labute approximate surface area is 135 Å². The van der Waals surface area contributed by atoms with Crippen LogP contribution >= 0.6 is 0 Å². The molecule has 1 saturated heterocycles. The molecule has 1 fully saturated rings. The monoisotopic (exact) mass is 301 g/mol. The highest BCUT2D eigenvalue weighted by Gasteiger charge is 2.30. The average Bonchev–Trinajstić information content (AvgIpc) is 2.96. The van der Waals surface area contributed by atoms with E-state index >= 15 is 0 Å². The number of likely N-dealkylation sites (tertiary alicyclic amines) is 1. The Kier molecular flexibility index (Phi) is 5.51. The summed E-state index contributed by atoms with van der Waals surface area (Å²) in [5.41, 5.74) is 3.16. The third-order valence-electron chi connectivity index (χ3n) is 5.27. The van der Waals surface area contributed by atoms with Gasteiger partial charge in [0.05, 0.1) is 0 Å². The fourth-order valence-electron chi connectivity index (χ4n) is 4.00. The highest BCUT2D eigenvalue weighted by Crippen LogP contribution is 2.28. The van der Waals surface area contributed by atoms with E-state index in [2.05, 4.69) is 53.5 Å². The molecule has 122 valence electrons. The summed E-state index contributed by atoms with van der Waals surface area (Å²) in [7, 11) is 4.28. The van der Waals surface area contributed by atoms with Gasteiger partial charge in [0.2, 0.25) is 0 Å².